The van der Waals surface area contributed by atoms with Crippen LogP contribution in [0.2, 0.25) is 0 Å². The molecule has 5 aliphatic rings. The third kappa shape index (κ3) is 3.81. The maximum absolute atomic E-state index is 14.1. The second-order valence-electron chi connectivity index (χ2n) is 12.4. The van der Waals surface area contributed by atoms with E-state index in [9.17, 15) is 19.2 Å². The van der Waals surface area contributed by atoms with Crippen LogP contribution in [0.5, 0.6) is 5.75 Å². The van der Waals surface area contributed by atoms with Gasteiger partial charge in [0.1, 0.15) is 5.75 Å². The highest BCUT2D eigenvalue weighted by Crippen LogP contribution is 2.61. The number of carbonyl (C=O) groups excluding carboxylic acids is 4. The Bertz CT molecular complexity index is 1800. The zero-order valence-electron chi connectivity index (χ0n) is 24.4. The summed E-state index contributed by atoms with van der Waals surface area (Å²) in [5.41, 5.74) is 7.64. The number of anilines is 2. The molecule has 3 amide bonds. The second kappa shape index (κ2) is 9.74. The van der Waals surface area contributed by atoms with Crippen LogP contribution in [0.3, 0.4) is 0 Å². The number of imide groups is 1. The number of benzene rings is 4. The average molecular weight is 583 g/mol. The molecule has 2 fully saturated rings. The fraction of sp³-hybridized carbons (Fsp3) is 0.243. The van der Waals surface area contributed by atoms with E-state index in [1.165, 1.54) is 4.90 Å². The first kappa shape index (κ1) is 26.6. The van der Waals surface area contributed by atoms with Gasteiger partial charge in [-0.2, -0.15) is 0 Å². The summed E-state index contributed by atoms with van der Waals surface area (Å²) in [5.74, 6) is -2.87. The summed E-state index contributed by atoms with van der Waals surface area (Å²) in [4.78, 5) is 57.3. The van der Waals surface area contributed by atoms with Crippen LogP contribution in [-0.2, 0) is 19.2 Å². The predicted molar refractivity (Wildman–Crippen MR) is 164 cm³/mol. The van der Waals surface area contributed by atoms with Crippen molar-refractivity contribution >= 4 is 35.1 Å². The first-order valence-electron chi connectivity index (χ1n) is 15.1. The molecule has 44 heavy (non-hydrogen) atoms. The molecule has 0 aromatic heterocycles. The number of aryl methyl sites for hydroxylation is 2. The van der Waals surface area contributed by atoms with Crippen LogP contribution in [-0.4, -0.2) is 30.2 Å². The quantitative estimate of drug-likeness (QED) is 0.176. The van der Waals surface area contributed by atoms with Crippen LogP contribution in [0.4, 0.5) is 11.4 Å². The van der Waals surface area contributed by atoms with Crippen molar-refractivity contribution in [1.29, 1.82) is 0 Å². The maximum Gasteiger partial charge on any atom is 0.316 e. The standard InChI is InChI=1S/C37H30N2O5/c1-20-14-15-21(2)29(16-20)38-19-22(17-30(38)40)37(43)44-24-9-7-8-23(18-24)39-35(41)33-31-25-10-3-4-11-26(25)32(34(33)36(39)42)28-13-6-5-12-27(28)31/h3-16,18,22,31-34H,17,19H2,1-2H3/t22-,31?,32?,33+,34+/m1/s1. The molecule has 2 bridgehead atoms. The summed E-state index contributed by atoms with van der Waals surface area (Å²) < 4.78 is 5.76. The topological polar surface area (TPSA) is 84.0 Å². The Balaban J connectivity index is 1.06. The van der Waals surface area contributed by atoms with E-state index >= 15 is 0 Å². The predicted octanol–water partition coefficient (Wildman–Crippen LogP) is 5.66. The van der Waals surface area contributed by atoms with Crippen molar-refractivity contribution in [3.63, 3.8) is 0 Å². The molecule has 4 aromatic carbocycles. The molecule has 7 heteroatoms. The summed E-state index contributed by atoms with van der Waals surface area (Å²) in [5, 5.41) is 0. The van der Waals surface area contributed by atoms with Gasteiger partial charge in [-0.15, -0.1) is 0 Å². The first-order valence-corrected chi connectivity index (χ1v) is 15.1. The minimum Gasteiger partial charge on any atom is -0.426 e. The Kier molecular flexibility index (Phi) is 5.88. The number of hydrogen-bond donors (Lipinski definition) is 0. The minimum absolute atomic E-state index is 0.0578. The van der Waals surface area contributed by atoms with Crippen LogP contribution >= 0.6 is 0 Å². The zero-order valence-corrected chi connectivity index (χ0v) is 24.4. The van der Waals surface area contributed by atoms with Gasteiger partial charge >= 0.3 is 5.97 Å². The largest absolute Gasteiger partial charge is 0.426 e. The molecule has 0 saturated carbocycles. The van der Waals surface area contributed by atoms with E-state index in [0.29, 0.717) is 5.69 Å². The molecule has 2 saturated heterocycles. The number of carbonyl (C=O) groups is 4. The van der Waals surface area contributed by atoms with Crippen molar-refractivity contribution in [2.24, 2.45) is 17.8 Å². The number of hydrogen-bond acceptors (Lipinski definition) is 5. The fourth-order valence-corrected chi connectivity index (χ4v) is 7.93. The highest BCUT2D eigenvalue weighted by atomic mass is 16.5. The second-order valence-corrected chi connectivity index (χ2v) is 12.4. The van der Waals surface area contributed by atoms with Crippen LogP contribution in [0.15, 0.2) is 91.0 Å². The van der Waals surface area contributed by atoms with E-state index in [2.05, 4.69) is 24.3 Å². The Morgan fingerprint density at radius 1 is 0.727 bits per heavy atom. The summed E-state index contributed by atoms with van der Waals surface area (Å²) in [6, 6.07) is 28.8. The lowest BCUT2D eigenvalue weighted by Gasteiger charge is -2.45. The number of amides is 3. The van der Waals surface area contributed by atoms with Gasteiger partial charge in [-0.1, -0.05) is 66.7 Å². The van der Waals surface area contributed by atoms with Crippen molar-refractivity contribution in [3.8, 4) is 5.75 Å². The molecule has 4 aromatic rings. The van der Waals surface area contributed by atoms with Gasteiger partial charge < -0.3 is 9.64 Å². The van der Waals surface area contributed by atoms with Crippen LogP contribution < -0.4 is 14.5 Å². The molecule has 3 aliphatic carbocycles. The van der Waals surface area contributed by atoms with E-state index in [4.69, 9.17) is 4.74 Å². The van der Waals surface area contributed by atoms with Gasteiger partial charge in [0, 0.05) is 36.6 Å². The van der Waals surface area contributed by atoms with Gasteiger partial charge in [0.15, 0.2) is 0 Å². The molecule has 3 atom stereocenters. The number of esters is 1. The zero-order chi connectivity index (χ0) is 30.3. The molecule has 2 aliphatic heterocycles. The van der Waals surface area contributed by atoms with Gasteiger partial charge in [0.2, 0.25) is 17.7 Å². The van der Waals surface area contributed by atoms with Crippen molar-refractivity contribution < 1.29 is 23.9 Å². The molecule has 0 radical (unpaired) electrons. The fourth-order valence-electron chi connectivity index (χ4n) is 7.93. The summed E-state index contributed by atoms with van der Waals surface area (Å²) in [6.07, 6.45) is 0.0578. The Hall–Kier alpha value is -5.04. The SMILES string of the molecule is Cc1ccc(C)c(N2C[C@H](C(=O)Oc3cccc(N4C(=O)[C@H]5C6c7ccccc7C(c7ccccc76)[C@@H]5C4=O)c3)CC2=O)c1. The summed E-state index contributed by atoms with van der Waals surface area (Å²) in [7, 11) is 0. The molecule has 9 rings (SSSR count). The third-order valence-corrected chi connectivity index (χ3v) is 9.86. The van der Waals surface area contributed by atoms with Crippen LogP contribution in [0, 0.1) is 31.6 Å². The minimum atomic E-state index is -0.628. The van der Waals surface area contributed by atoms with E-state index in [-0.39, 0.29) is 48.3 Å². The highest BCUT2D eigenvalue weighted by molar-refractivity contribution is 6.23. The molecule has 0 N–H and O–H groups in total. The Labute approximate surface area is 255 Å². The van der Waals surface area contributed by atoms with E-state index in [1.54, 1.807) is 29.2 Å². The van der Waals surface area contributed by atoms with E-state index in [0.717, 1.165) is 39.1 Å². The number of ether oxygens (including phenoxy) is 1. The Morgan fingerprint density at radius 3 is 1.91 bits per heavy atom. The van der Waals surface area contributed by atoms with Crippen molar-refractivity contribution in [1.82, 2.24) is 0 Å². The lowest BCUT2D eigenvalue weighted by atomic mass is 9.55. The van der Waals surface area contributed by atoms with E-state index in [1.807, 2.05) is 56.3 Å². The molecular weight excluding hydrogens is 552 g/mol. The normalized spacial score (nSPS) is 24.8. The number of nitrogens with zero attached hydrogens (tertiary/aromatic N) is 2. The van der Waals surface area contributed by atoms with Crippen molar-refractivity contribution in [2.45, 2.75) is 32.1 Å². The maximum atomic E-state index is 14.1. The summed E-state index contributed by atoms with van der Waals surface area (Å²) in [6.45, 7) is 4.15. The lowest BCUT2D eigenvalue weighted by Crippen LogP contribution is -2.41. The Morgan fingerprint density at radius 2 is 1.32 bits per heavy atom. The molecule has 0 spiro atoms. The van der Waals surface area contributed by atoms with Gasteiger partial charge in [-0.25, -0.2) is 4.90 Å². The smallest absolute Gasteiger partial charge is 0.316 e. The average Bonchev–Trinajstić information content (AvgIpc) is 3.55. The van der Waals surface area contributed by atoms with Gasteiger partial charge in [-0.05, 0) is 65.4 Å². The van der Waals surface area contributed by atoms with Gasteiger partial charge in [0.25, 0.3) is 0 Å². The third-order valence-electron chi connectivity index (χ3n) is 9.86. The molecule has 7 nitrogen and oxygen atoms in total. The van der Waals surface area contributed by atoms with Crippen molar-refractivity contribution in [3.05, 3.63) is 124 Å². The van der Waals surface area contributed by atoms with Crippen LogP contribution in [0.1, 0.15) is 51.6 Å². The van der Waals surface area contributed by atoms with Crippen LogP contribution in [0.25, 0.3) is 0 Å². The van der Waals surface area contributed by atoms with Gasteiger partial charge in [-0.3, -0.25) is 19.2 Å². The summed E-state index contributed by atoms with van der Waals surface area (Å²) >= 11 is 0. The van der Waals surface area contributed by atoms with E-state index < -0.39 is 23.7 Å². The highest BCUT2D eigenvalue weighted by Gasteiger charge is 2.61. The van der Waals surface area contributed by atoms with Crippen molar-refractivity contribution in [2.75, 3.05) is 16.3 Å². The molecule has 2 heterocycles. The lowest BCUT2D eigenvalue weighted by molar-refractivity contribution is -0.139. The molecular formula is C37H30N2O5. The molecule has 218 valence electrons. The number of rotatable bonds is 4. The first-order chi connectivity index (χ1) is 21.3. The molecule has 0 unspecified atom stereocenters. The van der Waals surface area contributed by atoms with Gasteiger partial charge in [0.05, 0.1) is 23.4 Å². The monoisotopic (exact) mass is 582 g/mol.